The van der Waals surface area contributed by atoms with Crippen LogP contribution in [0.5, 0.6) is 5.75 Å². The number of phenolic OH excluding ortho intramolecular Hbond substituents is 1. The van der Waals surface area contributed by atoms with Crippen LogP contribution in [0.3, 0.4) is 0 Å². The third-order valence-electron chi connectivity index (χ3n) is 4.22. The maximum atomic E-state index is 9.97. The van der Waals surface area contributed by atoms with Gasteiger partial charge in [0.2, 0.25) is 0 Å². The number of phenols is 1. The van der Waals surface area contributed by atoms with Crippen LogP contribution >= 0.6 is 11.8 Å². The normalized spacial score (nSPS) is 10.8. The number of aryl methyl sites for hydroxylation is 1. The first-order valence-corrected chi connectivity index (χ1v) is 10.3. The van der Waals surface area contributed by atoms with Crippen molar-refractivity contribution in [3.63, 3.8) is 0 Å². The van der Waals surface area contributed by atoms with Gasteiger partial charge in [-0.25, -0.2) is 0 Å². The van der Waals surface area contributed by atoms with Gasteiger partial charge in [-0.1, -0.05) is 70.8 Å². The Morgan fingerprint density at radius 2 is 1.57 bits per heavy atom. The van der Waals surface area contributed by atoms with Crippen molar-refractivity contribution in [3.8, 4) is 5.75 Å². The summed E-state index contributed by atoms with van der Waals surface area (Å²) in [6, 6.07) is 5.96. The molecule has 0 fully saturated rings. The summed E-state index contributed by atoms with van der Waals surface area (Å²) < 4.78 is 0. The van der Waals surface area contributed by atoms with Crippen molar-refractivity contribution in [3.05, 3.63) is 36.4 Å². The highest BCUT2D eigenvalue weighted by molar-refractivity contribution is 7.99. The molecule has 0 unspecified atom stereocenters. The monoisotopic (exact) mass is 334 g/mol. The molecule has 0 bridgehead atoms. The highest BCUT2D eigenvalue weighted by Crippen LogP contribution is 2.26. The van der Waals surface area contributed by atoms with E-state index in [1.807, 2.05) is 18.2 Å². The van der Waals surface area contributed by atoms with Crippen LogP contribution in [-0.2, 0) is 6.42 Å². The van der Waals surface area contributed by atoms with E-state index in [1.165, 1.54) is 69.1 Å². The average molecular weight is 335 g/mol. The van der Waals surface area contributed by atoms with E-state index in [0.29, 0.717) is 5.75 Å². The van der Waals surface area contributed by atoms with Gasteiger partial charge in [-0.3, -0.25) is 0 Å². The third-order valence-corrected chi connectivity index (χ3v) is 5.21. The van der Waals surface area contributed by atoms with Crippen LogP contribution in [-0.4, -0.2) is 10.9 Å². The predicted octanol–water partition coefficient (Wildman–Crippen LogP) is 7.13. The number of hydrogen-bond donors (Lipinski definition) is 1. The summed E-state index contributed by atoms with van der Waals surface area (Å²) in [5, 5.41) is 9.97. The molecule has 1 rings (SSSR count). The molecular formula is C21H34OS. The lowest BCUT2D eigenvalue weighted by Gasteiger charge is -2.07. The molecule has 0 saturated carbocycles. The first-order valence-electron chi connectivity index (χ1n) is 9.33. The van der Waals surface area contributed by atoms with Gasteiger partial charge in [-0.15, -0.1) is 18.3 Å². The number of rotatable bonds is 14. The van der Waals surface area contributed by atoms with Crippen molar-refractivity contribution in [2.75, 3.05) is 5.75 Å². The molecule has 0 spiro atoms. The average Bonchev–Trinajstić information content (AvgIpc) is 2.56. The zero-order valence-corrected chi connectivity index (χ0v) is 15.7. The molecule has 2 heteroatoms. The van der Waals surface area contributed by atoms with Crippen LogP contribution in [0.15, 0.2) is 35.7 Å². The van der Waals surface area contributed by atoms with Gasteiger partial charge in [0.15, 0.2) is 0 Å². The largest absolute Gasteiger partial charge is 0.508 e. The van der Waals surface area contributed by atoms with Crippen molar-refractivity contribution in [2.45, 2.75) is 82.4 Å². The second kappa shape index (κ2) is 13.5. The van der Waals surface area contributed by atoms with E-state index in [9.17, 15) is 5.11 Å². The number of hydrogen-bond acceptors (Lipinski definition) is 2. The molecular weight excluding hydrogens is 300 g/mol. The molecule has 0 radical (unpaired) electrons. The maximum absolute atomic E-state index is 9.97. The van der Waals surface area contributed by atoms with Crippen molar-refractivity contribution >= 4 is 11.8 Å². The van der Waals surface area contributed by atoms with Crippen LogP contribution < -0.4 is 0 Å². The van der Waals surface area contributed by atoms with Crippen LogP contribution in [0.25, 0.3) is 0 Å². The van der Waals surface area contributed by atoms with E-state index in [-0.39, 0.29) is 0 Å². The second-order valence-electron chi connectivity index (χ2n) is 6.32. The summed E-state index contributed by atoms with van der Waals surface area (Å²) in [7, 11) is 0. The highest BCUT2D eigenvalue weighted by atomic mass is 32.2. The first kappa shape index (κ1) is 20.2. The minimum absolute atomic E-state index is 0.448. The van der Waals surface area contributed by atoms with Crippen molar-refractivity contribution in [1.29, 1.82) is 0 Å². The number of aromatic hydroxyl groups is 1. The summed E-state index contributed by atoms with van der Waals surface area (Å²) in [4.78, 5) is 1.23. The smallest absolute Gasteiger partial charge is 0.118 e. The van der Waals surface area contributed by atoms with Gasteiger partial charge in [0.25, 0.3) is 0 Å². The lowest BCUT2D eigenvalue weighted by Crippen LogP contribution is -1.89. The van der Waals surface area contributed by atoms with Gasteiger partial charge in [0, 0.05) is 10.6 Å². The molecule has 1 N–H and O–H groups in total. The lowest BCUT2D eigenvalue weighted by atomic mass is 10.0. The minimum Gasteiger partial charge on any atom is -0.508 e. The summed E-state index contributed by atoms with van der Waals surface area (Å²) in [5.41, 5.74) is 1.10. The molecule has 0 aliphatic heterocycles. The molecule has 23 heavy (non-hydrogen) atoms. The van der Waals surface area contributed by atoms with E-state index in [1.54, 1.807) is 11.8 Å². The Labute approximate surface area is 147 Å². The molecule has 0 aliphatic carbocycles. The fourth-order valence-corrected chi connectivity index (χ4v) is 3.51. The zero-order chi connectivity index (χ0) is 16.8. The quantitative estimate of drug-likeness (QED) is 0.222. The Kier molecular flexibility index (Phi) is 11.9. The fourth-order valence-electron chi connectivity index (χ4n) is 2.81. The lowest BCUT2D eigenvalue weighted by molar-refractivity contribution is 0.465. The minimum atomic E-state index is 0.448. The fraction of sp³-hybridized carbons (Fsp3) is 0.619. The van der Waals surface area contributed by atoms with E-state index in [4.69, 9.17) is 0 Å². The Hall–Kier alpha value is -0.890. The molecule has 1 aromatic carbocycles. The third kappa shape index (κ3) is 9.76. The predicted molar refractivity (Wildman–Crippen MR) is 105 cm³/mol. The number of unbranched alkanes of at least 4 members (excludes halogenated alkanes) is 9. The van der Waals surface area contributed by atoms with Crippen LogP contribution in [0.1, 0.15) is 76.7 Å². The van der Waals surface area contributed by atoms with Crippen LogP contribution in [0.4, 0.5) is 0 Å². The Balaban J connectivity index is 2.12. The van der Waals surface area contributed by atoms with Gasteiger partial charge in [0.1, 0.15) is 5.75 Å². The molecule has 0 aromatic heterocycles. The summed E-state index contributed by atoms with van der Waals surface area (Å²) in [6.07, 6.45) is 16.4. The van der Waals surface area contributed by atoms with Gasteiger partial charge in [-0.05, 0) is 36.6 Å². The SMILES string of the molecule is C=CCSc1ccc(O)c(CCCCCCCCCCCC)c1. The van der Waals surface area contributed by atoms with Gasteiger partial charge < -0.3 is 5.11 Å². The zero-order valence-electron chi connectivity index (χ0n) is 14.9. The molecule has 0 amide bonds. The number of benzene rings is 1. The van der Waals surface area contributed by atoms with E-state index >= 15 is 0 Å². The van der Waals surface area contributed by atoms with Gasteiger partial charge in [0.05, 0.1) is 0 Å². The maximum Gasteiger partial charge on any atom is 0.118 e. The van der Waals surface area contributed by atoms with Gasteiger partial charge >= 0.3 is 0 Å². The highest BCUT2D eigenvalue weighted by Gasteiger charge is 2.03. The molecule has 1 nitrogen and oxygen atoms in total. The van der Waals surface area contributed by atoms with Crippen molar-refractivity contribution < 1.29 is 5.11 Å². The Bertz CT molecular complexity index is 428. The van der Waals surface area contributed by atoms with Crippen LogP contribution in [0, 0.1) is 0 Å². The van der Waals surface area contributed by atoms with Crippen molar-refractivity contribution in [2.24, 2.45) is 0 Å². The van der Waals surface area contributed by atoms with E-state index in [2.05, 4.69) is 19.6 Å². The van der Waals surface area contributed by atoms with E-state index in [0.717, 1.165) is 17.7 Å². The standard InChI is InChI=1S/C21H34OS/c1-3-5-6-7-8-9-10-11-12-13-14-19-18-20(23-17-4-2)15-16-21(19)22/h4,15-16,18,22H,2-3,5-14,17H2,1H3. The second-order valence-corrected chi connectivity index (χ2v) is 7.42. The Morgan fingerprint density at radius 3 is 2.17 bits per heavy atom. The topological polar surface area (TPSA) is 20.2 Å². The summed E-state index contributed by atoms with van der Waals surface area (Å²) >= 11 is 1.77. The van der Waals surface area contributed by atoms with Gasteiger partial charge in [-0.2, -0.15) is 0 Å². The Morgan fingerprint density at radius 1 is 0.957 bits per heavy atom. The molecule has 0 aliphatic rings. The molecule has 130 valence electrons. The number of thioether (sulfide) groups is 1. The molecule has 0 atom stereocenters. The molecule has 0 heterocycles. The first-order chi connectivity index (χ1) is 11.3. The summed E-state index contributed by atoms with van der Waals surface area (Å²) in [6.45, 7) is 6.02. The summed E-state index contributed by atoms with van der Waals surface area (Å²) in [5.74, 6) is 1.37. The van der Waals surface area contributed by atoms with Crippen LogP contribution in [0.2, 0.25) is 0 Å². The molecule has 0 saturated heterocycles. The van der Waals surface area contributed by atoms with E-state index < -0.39 is 0 Å². The van der Waals surface area contributed by atoms with Crippen molar-refractivity contribution in [1.82, 2.24) is 0 Å². The molecule has 1 aromatic rings.